The van der Waals surface area contributed by atoms with Gasteiger partial charge in [-0.2, -0.15) is 0 Å². The van der Waals surface area contributed by atoms with E-state index < -0.39 is 17.5 Å². The Kier molecular flexibility index (Phi) is 6.17. The number of carbonyl (C=O) groups excluding carboxylic acids is 3. The standard InChI is InChI=1S/C17H26N4O4/c1-4-5-6-7-8-9-17(3)15(23)21(16(24)19-17)11-14(22)18-13-10-12(2)25-20-13/h10H,4-9,11H2,1-3H3,(H,19,24)(H,18,20,22)/t17-/m0/s1. The van der Waals surface area contributed by atoms with E-state index in [2.05, 4.69) is 22.7 Å². The van der Waals surface area contributed by atoms with Crippen molar-refractivity contribution in [1.82, 2.24) is 15.4 Å². The quantitative estimate of drug-likeness (QED) is 0.526. The molecule has 0 aliphatic carbocycles. The Hall–Kier alpha value is -2.38. The van der Waals surface area contributed by atoms with Crippen LogP contribution in [0.5, 0.6) is 0 Å². The fourth-order valence-corrected chi connectivity index (χ4v) is 2.89. The molecule has 1 aromatic rings. The van der Waals surface area contributed by atoms with E-state index in [4.69, 9.17) is 4.52 Å². The smallest absolute Gasteiger partial charge is 0.325 e. The lowest BCUT2D eigenvalue weighted by Crippen LogP contribution is -2.44. The van der Waals surface area contributed by atoms with Crippen molar-refractivity contribution in [3.05, 3.63) is 11.8 Å². The number of aromatic nitrogens is 1. The van der Waals surface area contributed by atoms with E-state index in [-0.39, 0.29) is 18.3 Å². The highest BCUT2D eigenvalue weighted by molar-refractivity contribution is 6.09. The minimum atomic E-state index is -0.936. The molecular formula is C17H26N4O4. The van der Waals surface area contributed by atoms with E-state index in [1.54, 1.807) is 19.9 Å². The second-order valence-electron chi connectivity index (χ2n) is 6.69. The molecule has 8 nitrogen and oxygen atoms in total. The fourth-order valence-electron chi connectivity index (χ4n) is 2.89. The first-order valence-corrected chi connectivity index (χ1v) is 8.73. The molecule has 2 N–H and O–H groups in total. The molecule has 0 unspecified atom stereocenters. The summed E-state index contributed by atoms with van der Waals surface area (Å²) in [6, 6.07) is 1.03. The third-order valence-corrected chi connectivity index (χ3v) is 4.32. The van der Waals surface area contributed by atoms with Gasteiger partial charge in [0.25, 0.3) is 5.91 Å². The van der Waals surface area contributed by atoms with Crippen molar-refractivity contribution in [2.24, 2.45) is 0 Å². The molecule has 0 bridgehead atoms. The maximum atomic E-state index is 12.6. The average molecular weight is 350 g/mol. The molecule has 1 fully saturated rings. The maximum absolute atomic E-state index is 12.6. The minimum Gasteiger partial charge on any atom is -0.360 e. The van der Waals surface area contributed by atoms with Crippen LogP contribution in [0.2, 0.25) is 0 Å². The lowest BCUT2D eigenvalue weighted by molar-refractivity contribution is -0.133. The molecule has 0 spiro atoms. The van der Waals surface area contributed by atoms with Gasteiger partial charge >= 0.3 is 6.03 Å². The largest absolute Gasteiger partial charge is 0.360 e. The first-order valence-electron chi connectivity index (χ1n) is 8.73. The van der Waals surface area contributed by atoms with Crippen molar-refractivity contribution in [1.29, 1.82) is 0 Å². The van der Waals surface area contributed by atoms with Gasteiger partial charge in [-0.1, -0.05) is 44.2 Å². The zero-order valence-corrected chi connectivity index (χ0v) is 15.1. The lowest BCUT2D eigenvalue weighted by atomic mass is 9.94. The van der Waals surface area contributed by atoms with Gasteiger partial charge in [-0.25, -0.2) is 4.79 Å². The SMILES string of the molecule is CCCCCCC[C@]1(C)NC(=O)N(CC(=O)Nc2cc(C)on2)C1=O. The highest BCUT2D eigenvalue weighted by Crippen LogP contribution is 2.24. The van der Waals surface area contributed by atoms with E-state index in [0.29, 0.717) is 12.2 Å². The van der Waals surface area contributed by atoms with Crippen LogP contribution in [0, 0.1) is 6.92 Å². The van der Waals surface area contributed by atoms with Crippen molar-refractivity contribution < 1.29 is 18.9 Å². The zero-order chi connectivity index (χ0) is 18.4. The number of hydrogen-bond donors (Lipinski definition) is 2. The summed E-state index contributed by atoms with van der Waals surface area (Å²) in [5.74, 6) is -0.0438. The van der Waals surface area contributed by atoms with Crippen LogP contribution in [0.15, 0.2) is 10.6 Å². The van der Waals surface area contributed by atoms with Gasteiger partial charge in [0.2, 0.25) is 5.91 Å². The number of imide groups is 1. The number of carbonyl (C=O) groups is 3. The summed E-state index contributed by atoms with van der Waals surface area (Å²) in [7, 11) is 0. The van der Waals surface area contributed by atoms with Gasteiger partial charge in [-0.05, 0) is 20.3 Å². The van der Waals surface area contributed by atoms with E-state index in [1.807, 2.05) is 0 Å². The molecule has 1 saturated heterocycles. The van der Waals surface area contributed by atoms with E-state index in [1.165, 1.54) is 6.42 Å². The molecule has 2 rings (SSSR count). The molecule has 1 aromatic heterocycles. The number of anilines is 1. The molecule has 0 saturated carbocycles. The normalized spacial score (nSPS) is 20.0. The van der Waals surface area contributed by atoms with E-state index in [9.17, 15) is 14.4 Å². The van der Waals surface area contributed by atoms with Crippen molar-refractivity contribution in [2.75, 3.05) is 11.9 Å². The summed E-state index contributed by atoms with van der Waals surface area (Å²) in [5, 5.41) is 8.88. The number of urea groups is 1. The second-order valence-corrected chi connectivity index (χ2v) is 6.69. The van der Waals surface area contributed by atoms with Crippen LogP contribution >= 0.6 is 0 Å². The Morgan fingerprint density at radius 2 is 2.04 bits per heavy atom. The molecule has 2 heterocycles. The predicted octanol–water partition coefficient (Wildman–Crippen LogP) is 2.59. The summed E-state index contributed by atoms with van der Waals surface area (Å²) in [6.07, 6.45) is 5.91. The summed E-state index contributed by atoms with van der Waals surface area (Å²) in [5.41, 5.74) is -0.936. The predicted molar refractivity (Wildman–Crippen MR) is 91.9 cm³/mol. The minimum absolute atomic E-state index is 0.258. The number of hydrogen-bond acceptors (Lipinski definition) is 5. The molecule has 138 valence electrons. The number of rotatable bonds is 9. The second kappa shape index (κ2) is 8.13. The Balaban J connectivity index is 1.87. The van der Waals surface area contributed by atoms with Crippen LogP contribution < -0.4 is 10.6 Å². The molecule has 1 aliphatic heterocycles. The Bertz CT molecular complexity index is 642. The van der Waals surface area contributed by atoms with Crippen LogP contribution in [0.3, 0.4) is 0 Å². The number of amides is 4. The molecule has 25 heavy (non-hydrogen) atoms. The fraction of sp³-hybridized carbons (Fsp3) is 0.647. The number of unbranched alkanes of at least 4 members (excludes halogenated alkanes) is 4. The third kappa shape index (κ3) is 4.80. The van der Waals surface area contributed by atoms with Crippen LogP contribution in [0.1, 0.15) is 58.1 Å². The molecule has 8 heteroatoms. The monoisotopic (exact) mass is 350 g/mol. The van der Waals surface area contributed by atoms with Crippen LogP contribution in [-0.2, 0) is 9.59 Å². The van der Waals surface area contributed by atoms with Crippen molar-refractivity contribution in [3.8, 4) is 0 Å². The van der Waals surface area contributed by atoms with Crippen LogP contribution in [0.4, 0.5) is 10.6 Å². The third-order valence-electron chi connectivity index (χ3n) is 4.32. The topological polar surface area (TPSA) is 105 Å². The number of aryl methyl sites for hydroxylation is 1. The molecule has 1 aliphatic rings. The highest BCUT2D eigenvalue weighted by atomic mass is 16.5. The average Bonchev–Trinajstić information content (AvgIpc) is 3.04. The molecular weight excluding hydrogens is 324 g/mol. The molecule has 1 atom stereocenters. The van der Waals surface area contributed by atoms with Crippen molar-refractivity contribution in [2.45, 2.75) is 64.8 Å². The highest BCUT2D eigenvalue weighted by Gasteiger charge is 2.47. The summed E-state index contributed by atoms with van der Waals surface area (Å²) < 4.78 is 4.86. The maximum Gasteiger partial charge on any atom is 0.325 e. The van der Waals surface area contributed by atoms with Gasteiger partial charge in [0.15, 0.2) is 5.82 Å². The summed E-state index contributed by atoms with van der Waals surface area (Å²) in [6.45, 7) is 5.21. The van der Waals surface area contributed by atoms with Gasteiger partial charge in [0.05, 0.1) is 0 Å². The number of nitrogens with zero attached hydrogens (tertiary/aromatic N) is 2. The molecule has 0 aromatic carbocycles. The van der Waals surface area contributed by atoms with Crippen molar-refractivity contribution in [3.63, 3.8) is 0 Å². The van der Waals surface area contributed by atoms with Gasteiger partial charge in [-0.3, -0.25) is 14.5 Å². The van der Waals surface area contributed by atoms with E-state index in [0.717, 1.165) is 30.6 Å². The number of nitrogens with one attached hydrogen (secondary N) is 2. The van der Waals surface area contributed by atoms with Gasteiger partial charge in [0.1, 0.15) is 17.8 Å². The Morgan fingerprint density at radius 3 is 2.68 bits per heavy atom. The van der Waals surface area contributed by atoms with Crippen LogP contribution in [-0.4, -0.2) is 40.0 Å². The molecule has 4 amide bonds. The lowest BCUT2D eigenvalue weighted by Gasteiger charge is -2.21. The molecule has 0 radical (unpaired) electrons. The first-order chi connectivity index (χ1) is 11.9. The van der Waals surface area contributed by atoms with Gasteiger partial charge in [-0.15, -0.1) is 0 Å². The van der Waals surface area contributed by atoms with E-state index >= 15 is 0 Å². The van der Waals surface area contributed by atoms with Gasteiger partial charge < -0.3 is 15.2 Å². The summed E-state index contributed by atoms with van der Waals surface area (Å²) in [4.78, 5) is 37.7. The summed E-state index contributed by atoms with van der Waals surface area (Å²) >= 11 is 0. The Labute approximate surface area is 147 Å². The zero-order valence-electron chi connectivity index (χ0n) is 15.1. The van der Waals surface area contributed by atoms with Gasteiger partial charge in [0, 0.05) is 6.07 Å². The first kappa shape index (κ1) is 19.0. The van der Waals surface area contributed by atoms with Crippen molar-refractivity contribution >= 4 is 23.7 Å². The van der Waals surface area contributed by atoms with Crippen LogP contribution in [0.25, 0.3) is 0 Å². The Morgan fingerprint density at radius 1 is 1.32 bits per heavy atom.